The number of carbonyl (C=O) groups is 1. The van der Waals surface area contributed by atoms with Crippen LogP contribution in [0.25, 0.3) is 10.9 Å². The van der Waals surface area contributed by atoms with Crippen LogP contribution in [0.4, 0.5) is 21.9 Å². The van der Waals surface area contributed by atoms with Crippen molar-refractivity contribution in [2.45, 2.75) is 0 Å². The number of nitrogens with zero attached hydrogens (tertiary/aromatic N) is 1. The molecule has 4 N–H and O–H groups in total. The van der Waals surface area contributed by atoms with Crippen molar-refractivity contribution in [2.24, 2.45) is 0 Å². The van der Waals surface area contributed by atoms with Gasteiger partial charge in [0.2, 0.25) is 0 Å². The zero-order valence-electron chi connectivity index (χ0n) is 17.6. The summed E-state index contributed by atoms with van der Waals surface area (Å²) in [6, 6.07) is 19.0. The molecule has 0 saturated heterocycles. The van der Waals surface area contributed by atoms with Crippen molar-refractivity contribution in [3.63, 3.8) is 0 Å². The summed E-state index contributed by atoms with van der Waals surface area (Å²) in [4.78, 5) is 16.6. The van der Waals surface area contributed by atoms with Gasteiger partial charge in [0.05, 0.1) is 19.7 Å². The zero-order chi connectivity index (χ0) is 22.5. The van der Waals surface area contributed by atoms with Crippen LogP contribution in [0.5, 0.6) is 23.0 Å². The number of nitrogens with one attached hydrogen (secondary N) is 2. The zero-order valence-corrected chi connectivity index (χ0v) is 17.6. The van der Waals surface area contributed by atoms with Gasteiger partial charge in [-0.05, 0) is 60.7 Å². The second kappa shape index (κ2) is 9.13. The number of carbonyl (C=O) groups excluding carboxylic acids is 1. The van der Waals surface area contributed by atoms with Crippen LogP contribution in [0.15, 0.2) is 72.9 Å². The summed E-state index contributed by atoms with van der Waals surface area (Å²) in [7, 11) is 3.16. The molecule has 0 aliphatic heterocycles. The van der Waals surface area contributed by atoms with Gasteiger partial charge in [-0.15, -0.1) is 0 Å². The number of hydrogen-bond donors (Lipinski definition) is 3. The number of aromatic nitrogens is 1. The normalized spacial score (nSPS) is 10.4. The first-order valence-electron chi connectivity index (χ1n) is 9.78. The van der Waals surface area contributed by atoms with Crippen molar-refractivity contribution < 1.29 is 19.0 Å². The molecule has 4 aromatic rings. The highest BCUT2D eigenvalue weighted by atomic mass is 16.5. The second-order valence-electron chi connectivity index (χ2n) is 6.86. The van der Waals surface area contributed by atoms with Crippen LogP contribution in [0, 0.1) is 0 Å². The van der Waals surface area contributed by atoms with Crippen LogP contribution in [0.1, 0.15) is 0 Å². The van der Waals surface area contributed by atoms with Gasteiger partial charge < -0.3 is 30.6 Å². The standard InChI is InChI=1S/C24H22N4O4/c1-30-22-13-19-20(14-23(22)31-2)26-12-11-21(19)32-18-9-7-17(8-10-18)28-24(29)27-16-5-3-15(25)4-6-16/h3-14H,25H2,1-2H3,(H2,27,28,29). The fourth-order valence-electron chi connectivity index (χ4n) is 3.13. The molecule has 8 heteroatoms. The van der Waals surface area contributed by atoms with E-state index in [9.17, 15) is 4.79 Å². The van der Waals surface area contributed by atoms with Gasteiger partial charge in [0, 0.05) is 34.7 Å². The number of nitrogens with two attached hydrogens (primary N) is 1. The lowest BCUT2D eigenvalue weighted by Gasteiger charge is -2.13. The third-order valence-corrected chi connectivity index (χ3v) is 4.72. The summed E-state index contributed by atoms with van der Waals surface area (Å²) >= 11 is 0. The number of nitrogen functional groups attached to an aromatic ring is 1. The van der Waals surface area contributed by atoms with Gasteiger partial charge in [0.15, 0.2) is 11.5 Å². The number of methoxy groups -OCH3 is 2. The minimum absolute atomic E-state index is 0.357. The molecule has 1 heterocycles. The van der Waals surface area contributed by atoms with Crippen molar-refractivity contribution in [1.29, 1.82) is 0 Å². The average molecular weight is 430 g/mol. The number of amides is 2. The highest BCUT2D eigenvalue weighted by Crippen LogP contribution is 2.36. The topological polar surface area (TPSA) is 108 Å². The van der Waals surface area contributed by atoms with E-state index in [1.807, 2.05) is 6.07 Å². The summed E-state index contributed by atoms with van der Waals surface area (Å²) in [6.45, 7) is 0. The van der Waals surface area contributed by atoms with E-state index in [4.69, 9.17) is 19.9 Å². The lowest BCUT2D eigenvalue weighted by atomic mass is 10.2. The maximum atomic E-state index is 12.2. The van der Waals surface area contributed by atoms with Gasteiger partial charge in [-0.1, -0.05) is 0 Å². The van der Waals surface area contributed by atoms with Crippen molar-refractivity contribution in [2.75, 3.05) is 30.6 Å². The van der Waals surface area contributed by atoms with Gasteiger partial charge >= 0.3 is 6.03 Å². The van der Waals surface area contributed by atoms with Crippen LogP contribution in [-0.4, -0.2) is 25.2 Å². The smallest absolute Gasteiger partial charge is 0.323 e. The Morgan fingerprint density at radius 1 is 0.812 bits per heavy atom. The maximum Gasteiger partial charge on any atom is 0.323 e. The highest BCUT2D eigenvalue weighted by Gasteiger charge is 2.11. The number of rotatable bonds is 6. The Bertz CT molecular complexity index is 1240. The number of ether oxygens (including phenoxy) is 3. The lowest BCUT2D eigenvalue weighted by molar-refractivity contribution is 0.262. The van der Waals surface area contributed by atoms with Gasteiger partial charge in [-0.3, -0.25) is 4.98 Å². The van der Waals surface area contributed by atoms with Crippen LogP contribution < -0.4 is 30.6 Å². The van der Waals surface area contributed by atoms with Crippen LogP contribution in [0.3, 0.4) is 0 Å². The van der Waals surface area contributed by atoms with Crippen molar-refractivity contribution in [3.8, 4) is 23.0 Å². The first kappa shape index (κ1) is 20.8. The van der Waals surface area contributed by atoms with Crippen molar-refractivity contribution in [3.05, 3.63) is 72.9 Å². The molecule has 3 aromatic carbocycles. The quantitative estimate of drug-likeness (QED) is 0.360. The molecule has 0 saturated carbocycles. The van der Waals surface area contributed by atoms with Gasteiger partial charge in [-0.2, -0.15) is 0 Å². The fourth-order valence-corrected chi connectivity index (χ4v) is 3.13. The molecule has 0 fully saturated rings. The van der Waals surface area contributed by atoms with Crippen molar-refractivity contribution >= 4 is 34.0 Å². The molecule has 162 valence electrons. The molecule has 0 radical (unpaired) electrons. The van der Waals surface area contributed by atoms with E-state index in [0.717, 1.165) is 10.9 Å². The van der Waals surface area contributed by atoms with Gasteiger partial charge in [0.1, 0.15) is 11.5 Å². The van der Waals surface area contributed by atoms with E-state index >= 15 is 0 Å². The van der Waals surface area contributed by atoms with Gasteiger partial charge in [-0.25, -0.2) is 4.79 Å². The second-order valence-corrected chi connectivity index (χ2v) is 6.86. The third kappa shape index (κ3) is 4.65. The largest absolute Gasteiger partial charge is 0.493 e. The molecule has 0 spiro atoms. The number of fused-ring (bicyclic) bond motifs is 1. The molecule has 2 amide bonds. The number of hydrogen-bond acceptors (Lipinski definition) is 6. The monoisotopic (exact) mass is 430 g/mol. The van der Waals surface area contributed by atoms with E-state index < -0.39 is 0 Å². The Balaban J connectivity index is 1.47. The molecule has 8 nitrogen and oxygen atoms in total. The van der Waals surface area contributed by atoms with E-state index in [2.05, 4.69) is 15.6 Å². The molecule has 0 bridgehead atoms. The van der Waals surface area contributed by atoms with Gasteiger partial charge in [0.25, 0.3) is 0 Å². The van der Waals surface area contributed by atoms with Crippen LogP contribution >= 0.6 is 0 Å². The Kier molecular flexibility index (Phi) is 5.94. The summed E-state index contributed by atoms with van der Waals surface area (Å²) in [5.41, 5.74) is 8.27. The molecule has 4 rings (SSSR count). The fraction of sp³-hybridized carbons (Fsp3) is 0.0833. The van der Waals surface area contributed by atoms with E-state index in [0.29, 0.717) is 40.1 Å². The SMILES string of the molecule is COc1cc2nccc(Oc3ccc(NC(=O)Nc4ccc(N)cc4)cc3)c2cc1OC. The minimum Gasteiger partial charge on any atom is -0.493 e. The molecule has 1 aromatic heterocycles. The van der Waals surface area contributed by atoms with E-state index in [1.54, 1.807) is 81.1 Å². The van der Waals surface area contributed by atoms with Crippen molar-refractivity contribution in [1.82, 2.24) is 4.98 Å². The molecule has 32 heavy (non-hydrogen) atoms. The highest BCUT2D eigenvalue weighted by molar-refractivity contribution is 5.99. The lowest BCUT2D eigenvalue weighted by Crippen LogP contribution is -2.19. The number of pyridine rings is 1. The molecule has 0 unspecified atom stereocenters. The first-order chi connectivity index (χ1) is 15.6. The van der Waals surface area contributed by atoms with Crippen LogP contribution in [0.2, 0.25) is 0 Å². The molecular weight excluding hydrogens is 408 g/mol. The minimum atomic E-state index is -0.357. The predicted molar refractivity (Wildman–Crippen MR) is 125 cm³/mol. The number of anilines is 3. The molecule has 0 atom stereocenters. The maximum absolute atomic E-state index is 12.2. The Morgan fingerprint density at radius 3 is 2.03 bits per heavy atom. The predicted octanol–water partition coefficient (Wildman–Crippen LogP) is 5.27. The Morgan fingerprint density at radius 2 is 1.41 bits per heavy atom. The third-order valence-electron chi connectivity index (χ3n) is 4.72. The Hall–Kier alpha value is -4.46. The molecule has 0 aliphatic carbocycles. The van der Waals surface area contributed by atoms with Crippen LogP contribution in [-0.2, 0) is 0 Å². The van der Waals surface area contributed by atoms with E-state index in [1.165, 1.54) is 0 Å². The molecular formula is C24H22N4O4. The number of urea groups is 1. The van der Waals surface area contributed by atoms with E-state index in [-0.39, 0.29) is 6.03 Å². The summed E-state index contributed by atoms with van der Waals surface area (Å²) in [6.07, 6.45) is 1.67. The first-order valence-corrected chi connectivity index (χ1v) is 9.78. The Labute approximate surface area is 184 Å². The summed E-state index contributed by atoms with van der Waals surface area (Å²) in [5.74, 6) is 2.41. The average Bonchev–Trinajstić information content (AvgIpc) is 2.81. The molecule has 0 aliphatic rings. The number of benzene rings is 3. The summed E-state index contributed by atoms with van der Waals surface area (Å²) in [5, 5.41) is 6.31. The summed E-state index contributed by atoms with van der Waals surface area (Å²) < 4.78 is 16.8.